The third-order valence-corrected chi connectivity index (χ3v) is 13.7. The fourth-order valence-electron chi connectivity index (χ4n) is 10.8. The van der Waals surface area contributed by atoms with Gasteiger partial charge < -0.3 is 38.7 Å². The number of ether oxygens (including phenoxy) is 4. The molecule has 6 aromatic rings. The summed E-state index contributed by atoms with van der Waals surface area (Å²) in [7, 11) is 3.37. The highest BCUT2D eigenvalue weighted by molar-refractivity contribution is 6.02. The van der Waals surface area contributed by atoms with Crippen LogP contribution in [0.4, 0.5) is 0 Å². The van der Waals surface area contributed by atoms with E-state index < -0.39 is 0 Å². The molecule has 14 heteroatoms. The van der Waals surface area contributed by atoms with E-state index in [1.54, 1.807) is 14.2 Å². The standard InChI is InChI=1S/C28H34N2O3.C27H32N2O3.2CO2/c1-28(2,3)29-27(31)19-10-12-21-23(16-19)30-14-15-33-24-17-20(32-4)11-13-22(24)26(30)25(21)18-8-6-5-7-9-18;1-17(2)28-27(30)19-9-11-21-23(15-19)29-13-14-32-24-16-20(31-3)10-12-22(24)26(29)25(21)18-7-5-4-6-8-18;2*2-1-3/h10-13,16-18H,5-9,14-15H2,1-4H3,(H,29,31);9-12,15-18H,4-8,13-14H2,1-3H3,(H,28,30);;. The molecule has 4 aliphatic rings. The van der Waals surface area contributed by atoms with Crippen molar-refractivity contribution in [1.82, 2.24) is 19.8 Å². The number of benzene rings is 4. The lowest BCUT2D eigenvalue weighted by Gasteiger charge is -2.23. The summed E-state index contributed by atoms with van der Waals surface area (Å²) in [6, 6.07) is 24.8. The number of hydrogen-bond donors (Lipinski definition) is 2. The van der Waals surface area contributed by atoms with Crippen molar-refractivity contribution >= 4 is 45.9 Å². The van der Waals surface area contributed by atoms with Crippen LogP contribution in [0, 0.1) is 0 Å². The molecule has 2 fully saturated rings. The van der Waals surface area contributed by atoms with Gasteiger partial charge in [0.15, 0.2) is 0 Å². The van der Waals surface area contributed by atoms with E-state index in [0.29, 0.717) is 36.2 Å². The lowest BCUT2D eigenvalue weighted by molar-refractivity contribution is -0.193. The lowest BCUT2D eigenvalue weighted by atomic mass is 9.81. The second-order valence-electron chi connectivity index (χ2n) is 19.9. The van der Waals surface area contributed by atoms with Crippen LogP contribution >= 0.6 is 0 Å². The molecule has 2 aliphatic carbocycles. The van der Waals surface area contributed by atoms with E-state index in [9.17, 15) is 9.59 Å². The van der Waals surface area contributed by atoms with E-state index >= 15 is 0 Å². The van der Waals surface area contributed by atoms with Crippen molar-refractivity contribution < 1.29 is 47.7 Å². The summed E-state index contributed by atoms with van der Waals surface area (Å²) in [5.74, 6) is 4.37. The van der Waals surface area contributed by atoms with Crippen molar-refractivity contribution in [3.8, 4) is 45.5 Å². The van der Waals surface area contributed by atoms with Crippen LogP contribution in [0.5, 0.6) is 23.0 Å². The van der Waals surface area contributed by atoms with Crippen LogP contribution in [-0.4, -0.2) is 72.3 Å². The number of aromatic nitrogens is 2. The largest absolute Gasteiger partial charge is 0.497 e. The van der Waals surface area contributed by atoms with E-state index in [1.807, 2.05) is 71.0 Å². The number of nitrogens with zero attached hydrogens (tertiary/aromatic N) is 2. The highest BCUT2D eigenvalue weighted by Gasteiger charge is 2.32. The molecule has 10 rings (SSSR count). The SMILES string of the molecule is COc1ccc2c(c1)OCCn1c-2c(C2CCCCC2)c2ccc(C(=O)NC(C)(C)C)cc21.COc1ccc2c(c1)OCCn1c-2c(C2CCCCC2)c2ccc(C(=O)NC(C)C)cc21.O=C=O.O=C=O. The van der Waals surface area contributed by atoms with Crippen molar-refractivity contribution in [2.75, 3.05) is 27.4 Å². The molecule has 2 aromatic heterocycles. The molecule has 2 saturated carbocycles. The number of carbonyl (C=O) groups is 2. The molecule has 4 heterocycles. The van der Waals surface area contributed by atoms with Gasteiger partial charge in [0.1, 0.15) is 36.2 Å². The van der Waals surface area contributed by atoms with Crippen LogP contribution < -0.4 is 29.6 Å². The minimum absolute atomic E-state index is 0.0216. The summed E-state index contributed by atoms with van der Waals surface area (Å²) < 4.78 is 28.0. The quantitative estimate of drug-likeness (QED) is 0.157. The molecule has 0 unspecified atom stereocenters. The van der Waals surface area contributed by atoms with Crippen LogP contribution in [0.25, 0.3) is 44.3 Å². The highest BCUT2D eigenvalue weighted by Crippen LogP contribution is 2.49. The topological polar surface area (TPSA) is 173 Å². The fourth-order valence-corrected chi connectivity index (χ4v) is 10.8. The van der Waals surface area contributed by atoms with Gasteiger partial charge in [0.25, 0.3) is 11.8 Å². The Labute approximate surface area is 415 Å². The summed E-state index contributed by atoms with van der Waals surface area (Å²) >= 11 is 0. The van der Waals surface area contributed by atoms with Crippen molar-refractivity contribution in [3.63, 3.8) is 0 Å². The number of rotatable bonds is 7. The first-order chi connectivity index (χ1) is 34.2. The monoisotopic (exact) mass is 966 g/mol. The van der Waals surface area contributed by atoms with E-state index in [4.69, 9.17) is 38.1 Å². The van der Waals surface area contributed by atoms with Crippen molar-refractivity contribution in [3.05, 3.63) is 95.1 Å². The summed E-state index contributed by atoms with van der Waals surface area (Å²) in [4.78, 5) is 58.2. The van der Waals surface area contributed by atoms with Crippen molar-refractivity contribution in [1.29, 1.82) is 0 Å². The van der Waals surface area contributed by atoms with Gasteiger partial charge in [-0.2, -0.15) is 19.2 Å². The zero-order valence-corrected chi connectivity index (χ0v) is 42.0. The molecule has 2 amide bonds. The molecule has 2 aliphatic heterocycles. The number of methoxy groups -OCH3 is 2. The van der Waals surface area contributed by atoms with Gasteiger partial charge in [-0.05, 0) is 132 Å². The average molecular weight is 967 g/mol. The predicted octanol–water partition coefficient (Wildman–Crippen LogP) is 11.0. The summed E-state index contributed by atoms with van der Waals surface area (Å²) in [5, 5.41) is 8.68. The Balaban J connectivity index is 0.000000188. The van der Waals surface area contributed by atoms with E-state index in [-0.39, 0.29) is 35.7 Å². The van der Waals surface area contributed by atoms with Gasteiger partial charge in [-0.3, -0.25) is 9.59 Å². The van der Waals surface area contributed by atoms with Gasteiger partial charge in [-0.25, -0.2) is 0 Å². The zero-order chi connectivity index (χ0) is 50.8. The van der Waals surface area contributed by atoms with E-state index in [2.05, 4.69) is 56.2 Å². The Kier molecular flexibility index (Phi) is 16.9. The normalized spacial score (nSPS) is 15.2. The molecule has 0 radical (unpaired) electrons. The molecular formula is C57H66N4O10. The Morgan fingerprint density at radius 3 is 1.39 bits per heavy atom. The maximum Gasteiger partial charge on any atom is 0.373 e. The molecule has 0 saturated heterocycles. The fraction of sp³-hybridized carbons (Fsp3) is 0.439. The Morgan fingerprint density at radius 1 is 0.606 bits per heavy atom. The van der Waals surface area contributed by atoms with Gasteiger partial charge in [0.05, 0.1) is 38.7 Å². The van der Waals surface area contributed by atoms with Crippen LogP contribution in [-0.2, 0) is 32.3 Å². The third kappa shape index (κ3) is 11.6. The van der Waals surface area contributed by atoms with Gasteiger partial charge in [-0.15, -0.1) is 0 Å². The summed E-state index contributed by atoms with van der Waals surface area (Å²) in [6.45, 7) is 12.7. The molecule has 0 spiro atoms. The minimum Gasteiger partial charge on any atom is -0.497 e. The predicted molar refractivity (Wildman–Crippen MR) is 270 cm³/mol. The number of carbonyl (C=O) groups excluding carboxylic acids is 6. The Morgan fingerprint density at radius 2 is 1.01 bits per heavy atom. The zero-order valence-electron chi connectivity index (χ0n) is 42.0. The first kappa shape index (κ1) is 51.7. The second kappa shape index (κ2) is 23.2. The molecule has 14 nitrogen and oxygen atoms in total. The van der Waals surface area contributed by atoms with Gasteiger partial charge >= 0.3 is 12.3 Å². The van der Waals surface area contributed by atoms with Crippen molar-refractivity contribution in [2.45, 2.75) is 135 Å². The maximum absolute atomic E-state index is 13.0. The maximum atomic E-state index is 13.0. The first-order valence-electron chi connectivity index (χ1n) is 24.8. The Bertz CT molecular complexity index is 2920. The molecule has 374 valence electrons. The molecule has 2 N–H and O–H groups in total. The summed E-state index contributed by atoms with van der Waals surface area (Å²) in [6.07, 6.45) is 13.1. The van der Waals surface area contributed by atoms with Gasteiger partial charge in [0, 0.05) is 67.8 Å². The van der Waals surface area contributed by atoms with Crippen LogP contribution in [0.1, 0.15) is 143 Å². The molecule has 71 heavy (non-hydrogen) atoms. The number of hydrogen-bond acceptors (Lipinski definition) is 10. The lowest BCUT2D eigenvalue weighted by Crippen LogP contribution is -2.40. The third-order valence-electron chi connectivity index (χ3n) is 13.7. The van der Waals surface area contributed by atoms with E-state index in [0.717, 1.165) is 58.2 Å². The number of fused-ring (bicyclic) bond motifs is 10. The van der Waals surface area contributed by atoms with E-state index in [1.165, 1.54) is 97.5 Å². The smallest absolute Gasteiger partial charge is 0.373 e. The second-order valence-corrected chi connectivity index (χ2v) is 19.9. The number of nitrogens with one attached hydrogen (secondary N) is 2. The van der Waals surface area contributed by atoms with Gasteiger partial charge in [-0.1, -0.05) is 50.7 Å². The summed E-state index contributed by atoms with van der Waals surface area (Å²) in [5.41, 5.74) is 11.0. The number of amides is 2. The first-order valence-corrected chi connectivity index (χ1v) is 24.8. The van der Waals surface area contributed by atoms with Crippen molar-refractivity contribution in [2.24, 2.45) is 0 Å². The minimum atomic E-state index is -0.277. The average Bonchev–Trinajstić information content (AvgIpc) is 3.68. The Hall–Kier alpha value is -7.14. The molecule has 0 atom stereocenters. The van der Waals surface area contributed by atoms with Crippen LogP contribution in [0.15, 0.2) is 72.8 Å². The van der Waals surface area contributed by atoms with Crippen LogP contribution in [0.2, 0.25) is 0 Å². The van der Waals surface area contributed by atoms with Crippen LogP contribution in [0.3, 0.4) is 0 Å². The highest BCUT2D eigenvalue weighted by atomic mass is 16.5. The molecular weight excluding hydrogens is 901 g/mol. The molecule has 0 bridgehead atoms. The van der Waals surface area contributed by atoms with Gasteiger partial charge in [0.2, 0.25) is 0 Å². The molecule has 4 aromatic carbocycles.